The molecule has 0 unspecified atom stereocenters. The van der Waals surface area contributed by atoms with E-state index in [2.05, 4.69) is 10.1 Å². The number of nitrogens with one attached hydrogen (secondary N) is 1. The van der Waals surface area contributed by atoms with Crippen molar-refractivity contribution < 1.29 is 32.6 Å². The molecule has 1 N–H and O–H groups in total. The summed E-state index contributed by atoms with van der Waals surface area (Å²) in [5.41, 5.74) is 0.806. The molecule has 0 fully saturated rings. The summed E-state index contributed by atoms with van der Waals surface area (Å²) < 4.78 is 33.5. The largest absolute Gasteiger partial charge is 0.454 e. The van der Waals surface area contributed by atoms with Crippen LogP contribution >= 0.6 is 0 Å². The molecule has 0 aliphatic carbocycles. The van der Waals surface area contributed by atoms with Crippen LogP contribution in [0.3, 0.4) is 0 Å². The minimum Gasteiger partial charge on any atom is -0.454 e. The first-order chi connectivity index (χ1) is 12.3. The van der Waals surface area contributed by atoms with Crippen LogP contribution in [0.15, 0.2) is 48.5 Å². The molecule has 8 heteroatoms. The molecule has 0 radical (unpaired) electrons. The highest BCUT2D eigenvalue weighted by Crippen LogP contribution is 2.17. The van der Waals surface area contributed by atoms with E-state index in [1.807, 2.05) is 0 Å². The number of rotatable bonds is 7. The van der Waals surface area contributed by atoms with E-state index in [0.717, 1.165) is 6.07 Å². The van der Waals surface area contributed by atoms with E-state index in [0.29, 0.717) is 11.3 Å². The van der Waals surface area contributed by atoms with E-state index >= 15 is 0 Å². The van der Waals surface area contributed by atoms with Crippen molar-refractivity contribution in [2.45, 2.75) is 13.5 Å². The highest BCUT2D eigenvalue weighted by atomic mass is 19.3. The van der Waals surface area contributed by atoms with Crippen molar-refractivity contribution in [3.8, 4) is 5.75 Å². The van der Waals surface area contributed by atoms with Crippen molar-refractivity contribution >= 4 is 23.3 Å². The summed E-state index contributed by atoms with van der Waals surface area (Å²) in [7, 11) is 0. The predicted octanol–water partition coefficient (Wildman–Crippen LogP) is 3.29. The Morgan fingerprint density at radius 1 is 1.04 bits per heavy atom. The normalized spacial score (nSPS) is 10.3. The van der Waals surface area contributed by atoms with Crippen LogP contribution in [0.2, 0.25) is 0 Å². The average molecular weight is 363 g/mol. The number of Topliss-reactive ketones (excluding diaryl/α,β-unsaturated/α-hetero) is 1. The lowest BCUT2D eigenvalue weighted by Gasteiger charge is -2.08. The summed E-state index contributed by atoms with van der Waals surface area (Å²) in [6.07, 6.45) is 0. The van der Waals surface area contributed by atoms with Gasteiger partial charge in [0.1, 0.15) is 5.75 Å². The molecule has 0 spiro atoms. The summed E-state index contributed by atoms with van der Waals surface area (Å²) >= 11 is 0. The SMILES string of the molecule is CC(=O)Nc1ccc(C(=O)COC(=O)c2cccc(OC(F)F)c2)cc1. The van der Waals surface area contributed by atoms with Gasteiger partial charge in [0, 0.05) is 18.2 Å². The second-order valence-electron chi connectivity index (χ2n) is 5.16. The Balaban J connectivity index is 1.94. The lowest BCUT2D eigenvalue weighted by molar-refractivity contribution is -0.114. The van der Waals surface area contributed by atoms with Crippen LogP contribution in [-0.2, 0) is 9.53 Å². The molecule has 0 aliphatic heterocycles. The molecule has 0 aromatic heterocycles. The molecule has 2 aromatic rings. The molecule has 0 saturated heterocycles. The van der Waals surface area contributed by atoms with Crippen molar-refractivity contribution in [2.75, 3.05) is 11.9 Å². The molecule has 2 aromatic carbocycles. The number of benzene rings is 2. The zero-order chi connectivity index (χ0) is 19.1. The monoisotopic (exact) mass is 363 g/mol. The van der Waals surface area contributed by atoms with E-state index in [9.17, 15) is 23.2 Å². The van der Waals surface area contributed by atoms with Crippen molar-refractivity contribution in [1.29, 1.82) is 0 Å². The second-order valence-corrected chi connectivity index (χ2v) is 5.16. The molecular weight excluding hydrogens is 348 g/mol. The average Bonchev–Trinajstić information content (AvgIpc) is 2.59. The number of hydrogen-bond donors (Lipinski definition) is 1. The minimum absolute atomic E-state index is 0.0167. The van der Waals surface area contributed by atoms with Gasteiger partial charge in [0.2, 0.25) is 5.91 Å². The van der Waals surface area contributed by atoms with Gasteiger partial charge in [-0.3, -0.25) is 9.59 Å². The fourth-order valence-electron chi connectivity index (χ4n) is 2.04. The summed E-state index contributed by atoms with van der Waals surface area (Å²) in [5.74, 6) is -1.72. The molecular formula is C18H15F2NO5. The molecule has 0 bridgehead atoms. The fourth-order valence-corrected chi connectivity index (χ4v) is 2.04. The Morgan fingerprint density at radius 2 is 1.73 bits per heavy atom. The molecule has 0 aliphatic rings. The molecule has 0 atom stereocenters. The second kappa shape index (κ2) is 8.70. The van der Waals surface area contributed by atoms with E-state index in [1.165, 1.54) is 37.3 Å². The van der Waals surface area contributed by atoms with Gasteiger partial charge in [-0.15, -0.1) is 0 Å². The summed E-state index contributed by atoms with van der Waals surface area (Å²) in [4.78, 5) is 34.9. The molecule has 0 saturated carbocycles. The topological polar surface area (TPSA) is 81.7 Å². The number of esters is 1. The standard InChI is InChI=1S/C18H15F2NO5/c1-11(22)21-14-7-5-12(6-8-14)16(23)10-25-17(24)13-3-2-4-15(9-13)26-18(19)20/h2-9,18H,10H2,1H3,(H,21,22). The zero-order valence-corrected chi connectivity index (χ0v) is 13.7. The van der Waals surface area contributed by atoms with Gasteiger partial charge in [0.05, 0.1) is 5.56 Å². The number of carbonyl (C=O) groups excluding carboxylic acids is 3. The van der Waals surface area contributed by atoms with Gasteiger partial charge in [0.15, 0.2) is 12.4 Å². The lowest BCUT2D eigenvalue weighted by Crippen LogP contribution is -2.14. The maximum Gasteiger partial charge on any atom is 0.387 e. The summed E-state index contributed by atoms with van der Waals surface area (Å²) in [6, 6.07) is 11.1. The number of anilines is 1. The van der Waals surface area contributed by atoms with Gasteiger partial charge in [-0.2, -0.15) is 8.78 Å². The minimum atomic E-state index is -3.01. The molecule has 6 nitrogen and oxygen atoms in total. The van der Waals surface area contributed by atoms with Crippen molar-refractivity contribution in [2.24, 2.45) is 0 Å². The smallest absolute Gasteiger partial charge is 0.387 e. The summed E-state index contributed by atoms with van der Waals surface area (Å²) in [5, 5.41) is 2.56. The Bertz CT molecular complexity index is 805. The van der Waals surface area contributed by atoms with Crippen LogP contribution in [-0.4, -0.2) is 30.9 Å². The van der Waals surface area contributed by atoms with Gasteiger partial charge in [-0.1, -0.05) is 6.07 Å². The zero-order valence-electron chi connectivity index (χ0n) is 13.7. The number of amides is 1. The number of ketones is 1. The van der Waals surface area contributed by atoms with E-state index in [-0.39, 0.29) is 17.2 Å². The molecule has 26 heavy (non-hydrogen) atoms. The van der Waals surface area contributed by atoms with Gasteiger partial charge < -0.3 is 14.8 Å². The quantitative estimate of drug-likeness (QED) is 0.603. The first-order valence-electron chi connectivity index (χ1n) is 7.48. The van der Waals surface area contributed by atoms with Crippen LogP contribution < -0.4 is 10.1 Å². The van der Waals surface area contributed by atoms with Gasteiger partial charge in [-0.25, -0.2) is 4.79 Å². The Kier molecular flexibility index (Phi) is 6.37. The third-order valence-corrected chi connectivity index (χ3v) is 3.16. The lowest BCUT2D eigenvalue weighted by atomic mass is 10.1. The fraction of sp³-hybridized carbons (Fsp3) is 0.167. The Hall–Kier alpha value is -3.29. The first kappa shape index (κ1) is 19.0. The third kappa shape index (κ3) is 5.66. The number of carbonyl (C=O) groups is 3. The van der Waals surface area contributed by atoms with Gasteiger partial charge in [-0.05, 0) is 42.5 Å². The van der Waals surface area contributed by atoms with Crippen LogP contribution in [0, 0.1) is 0 Å². The van der Waals surface area contributed by atoms with Gasteiger partial charge >= 0.3 is 12.6 Å². The Morgan fingerprint density at radius 3 is 2.35 bits per heavy atom. The highest BCUT2D eigenvalue weighted by Gasteiger charge is 2.14. The molecule has 136 valence electrons. The van der Waals surface area contributed by atoms with E-state index in [4.69, 9.17) is 4.74 Å². The van der Waals surface area contributed by atoms with E-state index < -0.39 is 25.0 Å². The number of hydrogen-bond acceptors (Lipinski definition) is 5. The molecule has 1 amide bonds. The van der Waals surface area contributed by atoms with Gasteiger partial charge in [0.25, 0.3) is 0 Å². The predicted molar refractivity (Wildman–Crippen MR) is 88.4 cm³/mol. The van der Waals surface area contributed by atoms with Crippen LogP contribution in [0.25, 0.3) is 0 Å². The number of ether oxygens (including phenoxy) is 2. The number of halogens is 2. The highest BCUT2D eigenvalue weighted by molar-refractivity contribution is 6.00. The van der Waals surface area contributed by atoms with Crippen LogP contribution in [0.1, 0.15) is 27.6 Å². The van der Waals surface area contributed by atoms with Crippen molar-refractivity contribution in [3.05, 3.63) is 59.7 Å². The number of alkyl halides is 2. The Labute approximate surface area is 147 Å². The first-order valence-corrected chi connectivity index (χ1v) is 7.48. The van der Waals surface area contributed by atoms with E-state index in [1.54, 1.807) is 12.1 Å². The van der Waals surface area contributed by atoms with Crippen molar-refractivity contribution in [1.82, 2.24) is 0 Å². The van der Waals surface area contributed by atoms with Crippen LogP contribution in [0.5, 0.6) is 5.75 Å². The summed E-state index contributed by atoms with van der Waals surface area (Å²) in [6.45, 7) is -2.17. The third-order valence-electron chi connectivity index (χ3n) is 3.16. The molecule has 2 rings (SSSR count). The van der Waals surface area contributed by atoms with Crippen molar-refractivity contribution in [3.63, 3.8) is 0 Å². The van der Waals surface area contributed by atoms with Crippen LogP contribution in [0.4, 0.5) is 14.5 Å². The maximum atomic E-state index is 12.2. The maximum absolute atomic E-state index is 12.2. The molecule has 0 heterocycles.